The molecule has 15 heavy (non-hydrogen) atoms. The molecular weight excluding hydrogens is 258 g/mol. The lowest BCUT2D eigenvalue weighted by Crippen LogP contribution is -1.95. The van der Waals surface area contributed by atoms with Crippen LogP contribution in [0.2, 0.25) is 0 Å². The zero-order valence-electron chi connectivity index (χ0n) is 7.94. The molecule has 0 atom stereocenters. The number of hydrogen-bond donors (Lipinski definition) is 1. The van der Waals surface area contributed by atoms with Gasteiger partial charge in [-0.05, 0) is 46.3 Å². The van der Waals surface area contributed by atoms with E-state index in [0.29, 0.717) is 12.3 Å². The summed E-state index contributed by atoms with van der Waals surface area (Å²) in [4.78, 5) is 0. The molecule has 0 aliphatic heterocycles. The summed E-state index contributed by atoms with van der Waals surface area (Å²) in [6, 6.07) is 9.12. The number of benzene rings is 1. The van der Waals surface area contributed by atoms with E-state index in [1.54, 1.807) is 18.4 Å². The summed E-state index contributed by atoms with van der Waals surface area (Å²) in [7, 11) is 0. The van der Waals surface area contributed by atoms with Gasteiger partial charge in [0, 0.05) is 5.69 Å². The van der Waals surface area contributed by atoms with Crippen LogP contribution in [0.15, 0.2) is 45.5 Å². The van der Waals surface area contributed by atoms with Crippen LogP contribution in [-0.4, -0.2) is 0 Å². The molecular formula is C11H10BrNO2. The molecule has 0 unspecified atom stereocenters. The Balaban J connectivity index is 2.05. The monoisotopic (exact) mass is 267 g/mol. The molecule has 0 aliphatic rings. The highest BCUT2D eigenvalue weighted by Gasteiger charge is 2.02. The van der Waals surface area contributed by atoms with Crippen LogP contribution in [0, 0.1) is 0 Å². The highest BCUT2D eigenvalue weighted by atomic mass is 79.9. The average molecular weight is 268 g/mol. The van der Waals surface area contributed by atoms with Crippen LogP contribution in [0.25, 0.3) is 0 Å². The predicted octanol–water partition coefficient (Wildman–Crippen LogP) is 3.20. The number of furan rings is 1. The fourth-order valence-electron chi connectivity index (χ4n) is 1.18. The van der Waals surface area contributed by atoms with E-state index in [2.05, 4.69) is 15.9 Å². The Morgan fingerprint density at radius 3 is 2.87 bits per heavy atom. The lowest BCUT2D eigenvalue weighted by atomic mass is 10.3. The van der Waals surface area contributed by atoms with E-state index in [9.17, 15) is 0 Å². The van der Waals surface area contributed by atoms with Gasteiger partial charge in [-0.25, -0.2) is 0 Å². The summed E-state index contributed by atoms with van der Waals surface area (Å²) in [5.41, 5.74) is 6.32. The van der Waals surface area contributed by atoms with Crippen molar-refractivity contribution >= 4 is 21.6 Å². The van der Waals surface area contributed by atoms with Gasteiger partial charge in [-0.3, -0.25) is 0 Å². The van der Waals surface area contributed by atoms with Crippen molar-refractivity contribution < 1.29 is 9.15 Å². The minimum absolute atomic E-state index is 0.412. The molecule has 0 saturated carbocycles. The number of halogens is 1. The molecule has 0 saturated heterocycles. The lowest BCUT2D eigenvalue weighted by Gasteiger charge is -2.06. The third kappa shape index (κ3) is 2.53. The van der Waals surface area contributed by atoms with Crippen LogP contribution in [0.1, 0.15) is 5.76 Å². The van der Waals surface area contributed by atoms with Crippen molar-refractivity contribution in [2.24, 2.45) is 0 Å². The maximum Gasteiger partial charge on any atom is 0.146 e. The van der Waals surface area contributed by atoms with E-state index >= 15 is 0 Å². The van der Waals surface area contributed by atoms with Crippen LogP contribution in [0.4, 0.5) is 5.69 Å². The fraction of sp³-hybridized carbons (Fsp3) is 0.0909. The minimum atomic E-state index is 0.412. The summed E-state index contributed by atoms with van der Waals surface area (Å²) < 4.78 is 11.5. The van der Waals surface area contributed by atoms with Crippen LogP contribution >= 0.6 is 15.9 Å². The van der Waals surface area contributed by atoms with Crippen molar-refractivity contribution in [3.8, 4) is 5.75 Å². The molecule has 4 heteroatoms. The summed E-state index contributed by atoms with van der Waals surface area (Å²) in [6.45, 7) is 0.412. The molecule has 0 bridgehead atoms. The molecule has 1 aromatic heterocycles. The first kappa shape index (κ1) is 10.1. The quantitative estimate of drug-likeness (QED) is 0.869. The van der Waals surface area contributed by atoms with Crippen molar-refractivity contribution in [2.75, 3.05) is 5.73 Å². The molecule has 78 valence electrons. The summed E-state index contributed by atoms with van der Waals surface area (Å²) >= 11 is 3.38. The second-order valence-electron chi connectivity index (χ2n) is 3.06. The van der Waals surface area contributed by atoms with Gasteiger partial charge in [-0.1, -0.05) is 0 Å². The molecule has 0 amide bonds. The first-order valence-corrected chi connectivity index (χ1v) is 5.25. The van der Waals surface area contributed by atoms with E-state index in [1.165, 1.54) is 0 Å². The maximum absolute atomic E-state index is 5.61. The summed E-state index contributed by atoms with van der Waals surface area (Å²) in [6.07, 6.45) is 1.62. The van der Waals surface area contributed by atoms with Crippen LogP contribution in [-0.2, 0) is 6.61 Å². The molecule has 2 N–H and O–H groups in total. The van der Waals surface area contributed by atoms with Crippen molar-refractivity contribution in [3.63, 3.8) is 0 Å². The minimum Gasteiger partial charge on any atom is -0.484 e. The maximum atomic E-state index is 5.61. The molecule has 0 fully saturated rings. The molecule has 0 spiro atoms. The van der Waals surface area contributed by atoms with Gasteiger partial charge in [-0.2, -0.15) is 0 Å². The van der Waals surface area contributed by atoms with E-state index in [0.717, 1.165) is 16.0 Å². The fourth-order valence-corrected chi connectivity index (χ4v) is 1.69. The van der Waals surface area contributed by atoms with Crippen molar-refractivity contribution in [3.05, 3.63) is 46.8 Å². The predicted molar refractivity (Wildman–Crippen MR) is 61.6 cm³/mol. The molecule has 1 heterocycles. The first-order chi connectivity index (χ1) is 7.25. The number of ether oxygens (including phenoxy) is 1. The van der Waals surface area contributed by atoms with Gasteiger partial charge in [0.15, 0.2) is 0 Å². The van der Waals surface area contributed by atoms with Gasteiger partial charge in [0.05, 0.1) is 10.7 Å². The van der Waals surface area contributed by atoms with Crippen LogP contribution in [0.5, 0.6) is 5.75 Å². The highest BCUT2D eigenvalue weighted by molar-refractivity contribution is 9.10. The van der Waals surface area contributed by atoms with E-state index in [4.69, 9.17) is 14.9 Å². The van der Waals surface area contributed by atoms with E-state index < -0.39 is 0 Å². The zero-order valence-corrected chi connectivity index (χ0v) is 9.53. The normalized spacial score (nSPS) is 10.2. The molecule has 2 rings (SSSR count). The average Bonchev–Trinajstić information content (AvgIpc) is 2.69. The van der Waals surface area contributed by atoms with Gasteiger partial charge >= 0.3 is 0 Å². The zero-order chi connectivity index (χ0) is 10.7. The number of nitrogen functional groups attached to an aromatic ring is 1. The Morgan fingerprint density at radius 2 is 2.20 bits per heavy atom. The Bertz CT molecular complexity index is 440. The Morgan fingerprint density at radius 1 is 1.33 bits per heavy atom. The van der Waals surface area contributed by atoms with Crippen molar-refractivity contribution in [1.29, 1.82) is 0 Å². The topological polar surface area (TPSA) is 48.4 Å². The van der Waals surface area contributed by atoms with Gasteiger partial charge in [0.2, 0.25) is 0 Å². The largest absolute Gasteiger partial charge is 0.484 e. The van der Waals surface area contributed by atoms with Crippen molar-refractivity contribution in [2.45, 2.75) is 6.61 Å². The van der Waals surface area contributed by atoms with Gasteiger partial charge < -0.3 is 14.9 Å². The smallest absolute Gasteiger partial charge is 0.146 e. The summed E-state index contributed by atoms with van der Waals surface area (Å²) in [5.74, 6) is 1.54. The van der Waals surface area contributed by atoms with Gasteiger partial charge in [-0.15, -0.1) is 0 Å². The molecule has 3 nitrogen and oxygen atoms in total. The second-order valence-corrected chi connectivity index (χ2v) is 3.91. The lowest BCUT2D eigenvalue weighted by molar-refractivity contribution is 0.269. The number of hydrogen-bond acceptors (Lipinski definition) is 3. The Kier molecular flexibility index (Phi) is 2.97. The first-order valence-electron chi connectivity index (χ1n) is 4.46. The highest BCUT2D eigenvalue weighted by Crippen LogP contribution is 2.27. The van der Waals surface area contributed by atoms with Crippen molar-refractivity contribution in [1.82, 2.24) is 0 Å². The molecule has 1 aromatic carbocycles. The second kappa shape index (κ2) is 4.40. The Hall–Kier alpha value is -1.42. The van der Waals surface area contributed by atoms with E-state index in [1.807, 2.05) is 18.2 Å². The third-order valence-electron chi connectivity index (χ3n) is 1.91. The molecule has 0 aliphatic carbocycles. The van der Waals surface area contributed by atoms with Crippen LogP contribution < -0.4 is 10.5 Å². The standard InChI is InChI=1S/C11H10BrNO2/c12-10-6-8(13)3-4-11(10)15-7-9-2-1-5-14-9/h1-6H,7,13H2. The number of rotatable bonds is 3. The van der Waals surface area contributed by atoms with Gasteiger partial charge in [0.1, 0.15) is 18.1 Å². The number of nitrogens with two attached hydrogens (primary N) is 1. The number of anilines is 1. The third-order valence-corrected chi connectivity index (χ3v) is 2.53. The Labute approximate surface area is 96.0 Å². The van der Waals surface area contributed by atoms with Gasteiger partial charge in [0.25, 0.3) is 0 Å². The molecule has 0 radical (unpaired) electrons. The summed E-state index contributed by atoms with van der Waals surface area (Å²) in [5, 5.41) is 0. The van der Waals surface area contributed by atoms with E-state index in [-0.39, 0.29) is 0 Å². The van der Waals surface area contributed by atoms with Crippen LogP contribution in [0.3, 0.4) is 0 Å². The molecule has 2 aromatic rings. The SMILES string of the molecule is Nc1ccc(OCc2ccco2)c(Br)c1.